The van der Waals surface area contributed by atoms with Crippen molar-refractivity contribution in [2.24, 2.45) is 17.8 Å². The van der Waals surface area contributed by atoms with E-state index in [0.29, 0.717) is 33.5 Å². The number of phenols is 1. The lowest BCUT2D eigenvalue weighted by molar-refractivity contribution is -0.123. The van der Waals surface area contributed by atoms with Gasteiger partial charge in [-0.1, -0.05) is 42.0 Å². The number of anilines is 1. The number of carbonyl (C=O) groups excluding carboxylic acids is 5. The molecule has 9 nitrogen and oxygen atoms in total. The quantitative estimate of drug-likeness (QED) is 0.169. The monoisotopic (exact) mass is 629 g/mol. The largest absolute Gasteiger partial charge is 0.508 e. The van der Waals surface area contributed by atoms with E-state index < -0.39 is 29.6 Å². The minimum absolute atomic E-state index is 0.104. The van der Waals surface area contributed by atoms with Gasteiger partial charge < -0.3 is 14.6 Å². The molecule has 0 aromatic heterocycles. The third kappa shape index (κ3) is 4.64. The zero-order valence-corrected chi connectivity index (χ0v) is 26.0. The van der Waals surface area contributed by atoms with E-state index >= 15 is 0 Å². The summed E-state index contributed by atoms with van der Waals surface area (Å²) in [5.74, 6) is -3.94. The molecule has 1 N–H and O–H groups in total. The molecule has 1 heterocycles. The first kappa shape index (κ1) is 30.1. The van der Waals surface area contributed by atoms with Gasteiger partial charge in [-0.3, -0.25) is 28.9 Å². The van der Waals surface area contributed by atoms with Gasteiger partial charge in [0.25, 0.3) is 0 Å². The summed E-state index contributed by atoms with van der Waals surface area (Å²) in [6, 6.07) is 18.1. The number of carbonyl (C=O) groups is 5. The number of hydrogen-bond donors (Lipinski definition) is 1. The van der Waals surface area contributed by atoms with Gasteiger partial charge in [0, 0.05) is 51.5 Å². The van der Waals surface area contributed by atoms with Crippen LogP contribution >= 0.6 is 0 Å². The van der Waals surface area contributed by atoms with Crippen LogP contribution in [0.1, 0.15) is 47.2 Å². The molecule has 1 fully saturated rings. The number of Topliss-reactive ketones (excluding diaryl/α,β-unsaturated/α-hetero) is 1. The van der Waals surface area contributed by atoms with E-state index in [2.05, 4.69) is 0 Å². The third-order valence-corrected chi connectivity index (χ3v) is 9.80. The Hall–Kier alpha value is -5.57. The van der Waals surface area contributed by atoms with Crippen LogP contribution in [0.5, 0.6) is 17.2 Å². The van der Waals surface area contributed by atoms with Crippen molar-refractivity contribution < 1.29 is 38.6 Å². The van der Waals surface area contributed by atoms with E-state index in [1.165, 1.54) is 37.3 Å². The van der Waals surface area contributed by atoms with E-state index in [1.54, 1.807) is 55.5 Å². The molecule has 47 heavy (non-hydrogen) atoms. The molecular formula is C38H31NO8. The van der Waals surface area contributed by atoms with E-state index in [4.69, 9.17) is 9.47 Å². The van der Waals surface area contributed by atoms with Crippen LogP contribution in [0.25, 0.3) is 0 Å². The topological polar surface area (TPSA) is 127 Å². The molecule has 9 heteroatoms. The number of nitrogens with zero attached hydrogens (tertiary/aromatic N) is 1. The highest BCUT2D eigenvalue weighted by Gasteiger charge is 2.57. The molecule has 1 aliphatic heterocycles. The normalized spacial score (nSPS) is 23.5. The van der Waals surface area contributed by atoms with Gasteiger partial charge in [0.15, 0.2) is 17.3 Å². The Kier molecular flexibility index (Phi) is 7.27. The maximum Gasteiger partial charge on any atom is 0.238 e. The standard InChI is InChI=1S/C38H31NO8/c1-19-15-28(41)32-27(35(19)42)18-26-24(33(32)34-29(46-2)16-23(40)17-30(34)47-3)13-14-25-31(26)38(45)39(37(25)44)22-11-9-21(10-12-22)36(43)20-7-5-4-6-8-20/h4-13,15-17,25-26,31,33,40H,14,18H2,1-3H3. The lowest BCUT2D eigenvalue weighted by atomic mass is 9.59. The van der Waals surface area contributed by atoms with Crippen molar-refractivity contribution in [1.82, 2.24) is 0 Å². The molecule has 3 aromatic rings. The zero-order valence-electron chi connectivity index (χ0n) is 26.0. The first-order valence-electron chi connectivity index (χ1n) is 15.4. The Labute approximate surface area is 270 Å². The summed E-state index contributed by atoms with van der Waals surface area (Å²) in [5, 5.41) is 10.4. The summed E-state index contributed by atoms with van der Waals surface area (Å²) in [5.41, 5.74) is 3.40. The van der Waals surface area contributed by atoms with Gasteiger partial charge in [0.2, 0.25) is 11.8 Å². The maximum absolute atomic E-state index is 14.3. The molecule has 7 rings (SSSR count). The van der Waals surface area contributed by atoms with Gasteiger partial charge >= 0.3 is 0 Å². The first-order chi connectivity index (χ1) is 22.6. The van der Waals surface area contributed by atoms with Crippen molar-refractivity contribution in [3.8, 4) is 17.2 Å². The number of methoxy groups -OCH3 is 2. The van der Waals surface area contributed by atoms with Crippen LogP contribution in [-0.2, 0) is 19.2 Å². The molecule has 0 radical (unpaired) electrons. The fraction of sp³-hybridized carbons (Fsp3) is 0.237. The number of rotatable bonds is 6. The van der Waals surface area contributed by atoms with Crippen molar-refractivity contribution >= 4 is 34.9 Å². The molecule has 2 amide bonds. The van der Waals surface area contributed by atoms with Crippen LogP contribution in [0, 0.1) is 17.8 Å². The Bertz CT molecular complexity index is 1960. The van der Waals surface area contributed by atoms with Gasteiger partial charge in [-0.05, 0) is 56.0 Å². The summed E-state index contributed by atoms with van der Waals surface area (Å²) >= 11 is 0. The van der Waals surface area contributed by atoms with Crippen molar-refractivity contribution in [1.29, 1.82) is 0 Å². The highest BCUT2D eigenvalue weighted by atomic mass is 16.5. The molecule has 3 aromatic carbocycles. The average Bonchev–Trinajstić information content (AvgIpc) is 3.35. The van der Waals surface area contributed by atoms with Gasteiger partial charge in [-0.25, -0.2) is 0 Å². The van der Waals surface area contributed by atoms with E-state index in [9.17, 15) is 29.1 Å². The van der Waals surface area contributed by atoms with Crippen molar-refractivity contribution in [3.63, 3.8) is 0 Å². The highest BCUT2D eigenvalue weighted by molar-refractivity contribution is 6.25. The molecule has 0 spiro atoms. The number of hydrogen-bond acceptors (Lipinski definition) is 8. The Morgan fingerprint density at radius 2 is 1.49 bits per heavy atom. The average molecular weight is 630 g/mol. The van der Waals surface area contributed by atoms with Gasteiger partial charge in [0.05, 0.1) is 31.7 Å². The highest BCUT2D eigenvalue weighted by Crippen LogP contribution is 2.58. The predicted octanol–water partition coefficient (Wildman–Crippen LogP) is 5.27. The molecule has 236 valence electrons. The Balaban J connectivity index is 1.30. The molecule has 4 aliphatic rings. The van der Waals surface area contributed by atoms with Crippen LogP contribution in [0.15, 0.2) is 101 Å². The number of phenolic OH excluding ortho intramolecular Hbond substituents is 1. The minimum Gasteiger partial charge on any atom is -0.508 e. The SMILES string of the molecule is COc1cc(O)cc(OC)c1C1C2=CCC3C(=O)N(c4ccc(C(=O)c5ccccc5)cc4)C(=O)C3C2CC2=C1C(=O)C=C(C)C2=O. The van der Waals surface area contributed by atoms with Crippen molar-refractivity contribution in [2.45, 2.75) is 25.7 Å². The molecule has 3 aliphatic carbocycles. The molecule has 4 atom stereocenters. The van der Waals surface area contributed by atoms with E-state index in [0.717, 1.165) is 5.57 Å². The maximum atomic E-state index is 14.3. The number of ketones is 3. The van der Waals surface area contributed by atoms with Crippen LogP contribution < -0.4 is 14.4 Å². The van der Waals surface area contributed by atoms with Crippen LogP contribution in [0.4, 0.5) is 5.69 Å². The fourth-order valence-electron chi connectivity index (χ4n) is 7.70. The molecule has 1 saturated heterocycles. The second-order valence-electron chi connectivity index (χ2n) is 12.2. The van der Waals surface area contributed by atoms with Crippen LogP contribution in [0.2, 0.25) is 0 Å². The Morgan fingerprint density at radius 1 is 0.851 bits per heavy atom. The van der Waals surface area contributed by atoms with Gasteiger partial charge in [-0.15, -0.1) is 0 Å². The van der Waals surface area contributed by atoms with Crippen molar-refractivity contribution in [2.75, 3.05) is 19.1 Å². The van der Waals surface area contributed by atoms with Crippen LogP contribution in [0.3, 0.4) is 0 Å². The number of amides is 2. The molecule has 0 bridgehead atoms. The van der Waals surface area contributed by atoms with Crippen molar-refractivity contribution in [3.05, 3.63) is 118 Å². The number of aromatic hydroxyl groups is 1. The fourth-order valence-corrected chi connectivity index (χ4v) is 7.70. The lowest BCUT2D eigenvalue weighted by Gasteiger charge is -2.42. The summed E-state index contributed by atoms with van der Waals surface area (Å²) in [6.45, 7) is 1.59. The summed E-state index contributed by atoms with van der Waals surface area (Å²) in [4.78, 5) is 69.7. The molecule has 4 unspecified atom stereocenters. The van der Waals surface area contributed by atoms with E-state index in [-0.39, 0.29) is 58.9 Å². The molecule has 0 saturated carbocycles. The summed E-state index contributed by atoms with van der Waals surface area (Å²) < 4.78 is 11.3. The second kappa shape index (κ2) is 11.3. The third-order valence-electron chi connectivity index (χ3n) is 9.80. The smallest absolute Gasteiger partial charge is 0.238 e. The van der Waals surface area contributed by atoms with Gasteiger partial charge in [0.1, 0.15) is 17.2 Å². The lowest BCUT2D eigenvalue weighted by Crippen LogP contribution is -2.40. The minimum atomic E-state index is -0.809. The first-order valence-corrected chi connectivity index (χ1v) is 15.4. The van der Waals surface area contributed by atoms with Crippen LogP contribution in [-0.4, -0.2) is 48.5 Å². The summed E-state index contributed by atoms with van der Waals surface area (Å²) in [7, 11) is 2.87. The number of imide groups is 1. The number of benzene rings is 3. The predicted molar refractivity (Wildman–Crippen MR) is 171 cm³/mol. The molecular weight excluding hydrogens is 598 g/mol. The number of ether oxygens (including phenoxy) is 2. The zero-order chi connectivity index (χ0) is 33.1. The number of allylic oxidation sites excluding steroid dienone is 6. The van der Waals surface area contributed by atoms with E-state index in [1.807, 2.05) is 12.1 Å². The second-order valence-corrected chi connectivity index (χ2v) is 12.2. The summed E-state index contributed by atoms with van der Waals surface area (Å²) in [6.07, 6.45) is 3.61. The number of fused-ring (bicyclic) bond motifs is 3. The van der Waals surface area contributed by atoms with Gasteiger partial charge in [-0.2, -0.15) is 0 Å². The Morgan fingerprint density at radius 3 is 2.13 bits per heavy atom.